The Morgan fingerprint density at radius 2 is 2.05 bits per heavy atom. The predicted molar refractivity (Wildman–Crippen MR) is 69.5 cm³/mol. The summed E-state index contributed by atoms with van der Waals surface area (Å²) in [4.78, 5) is 35.8. The van der Waals surface area contributed by atoms with Crippen LogP contribution in [0.15, 0.2) is 0 Å². The highest BCUT2D eigenvalue weighted by Crippen LogP contribution is 2.21. The number of piperidine rings is 1. The van der Waals surface area contributed by atoms with E-state index in [4.69, 9.17) is 5.11 Å². The third kappa shape index (κ3) is 4.54. The van der Waals surface area contributed by atoms with Gasteiger partial charge in [-0.15, -0.1) is 0 Å². The van der Waals surface area contributed by atoms with Gasteiger partial charge >= 0.3 is 5.97 Å². The number of nitrogens with one attached hydrogen (secondary N) is 1. The third-order valence-corrected chi connectivity index (χ3v) is 3.24. The minimum absolute atomic E-state index is 0.0307. The van der Waals surface area contributed by atoms with Crippen molar-refractivity contribution in [1.29, 1.82) is 0 Å². The monoisotopic (exact) mass is 270 g/mol. The lowest BCUT2D eigenvalue weighted by atomic mass is 9.94. The van der Waals surface area contributed by atoms with E-state index in [1.54, 1.807) is 4.90 Å². The van der Waals surface area contributed by atoms with Gasteiger partial charge in [0.1, 0.15) is 0 Å². The van der Waals surface area contributed by atoms with Crippen molar-refractivity contribution >= 4 is 17.8 Å². The van der Waals surface area contributed by atoms with E-state index < -0.39 is 11.5 Å². The number of rotatable bonds is 4. The predicted octanol–water partition coefficient (Wildman–Crippen LogP) is 0.614. The van der Waals surface area contributed by atoms with Gasteiger partial charge in [-0.1, -0.05) is 0 Å². The van der Waals surface area contributed by atoms with E-state index in [9.17, 15) is 14.4 Å². The van der Waals surface area contributed by atoms with Crippen LogP contribution < -0.4 is 5.32 Å². The molecule has 6 nitrogen and oxygen atoms in total. The molecule has 0 saturated carbocycles. The highest BCUT2D eigenvalue weighted by Gasteiger charge is 2.33. The maximum absolute atomic E-state index is 12.4. The number of hydrogen-bond donors (Lipinski definition) is 2. The first kappa shape index (κ1) is 15.5. The van der Waals surface area contributed by atoms with Crippen LogP contribution in [0.2, 0.25) is 0 Å². The van der Waals surface area contributed by atoms with Gasteiger partial charge in [-0.05, 0) is 27.2 Å². The van der Waals surface area contributed by atoms with Crippen molar-refractivity contribution < 1.29 is 19.5 Å². The van der Waals surface area contributed by atoms with Crippen LogP contribution in [-0.2, 0) is 14.4 Å². The number of carboxylic acid groups (broad SMARTS) is 1. The number of aliphatic carboxylic acids is 1. The number of carbonyl (C=O) groups is 3. The summed E-state index contributed by atoms with van der Waals surface area (Å²) in [7, 11) is 0. The molecule has 1 heterocycles. The molecule has 1 unspecified atom stereocenters. The van der Waals surface area contributed by atoms with Gasteiger partial charge < -0.3 is 15.3 Å². The first-order valence-corrected chi connectivity index (χ1v) is 6.52. The maximum Gasteiger partial charge on any atom is 0.305 e. The minimum Gasteiger partial charge on any atom is -0.481 e. The van der Waals surface area contributed by atoms with Crippen LogP contribution in [0, 0.1) is 5.92 Å². The molecular weight excluding hydrogens is 248 g/mol. The topological polar surface area (TPSA) is 86.7 Å². The van der Waals surface area contributed by atoms with Crippen molar-refractivity contribution in [2.75, 3.05) is 13.1 Å². The molecule has 2 amide bonds. The Labute approximate surface area is 113 Å². The molecule has 0 aromatic heterocycles. The SMILES string of the molecule is CC(C)(C)N(CCC(=O)O)C(=O)C1CCC(=O)NC1. The third-order valence-electron chi connectivity index (χ3n) is 3.24. The van der Waals surface area contributed by atoms with Gasteiger partial charge in [-0.25, -0.2) is 0 Å². The largest absolute Gasteiger partial charge is 0.481 e. The molecule has 6 heteroatoms. The zero-order valence-electron chi connectivity index (χ0n) is 11.7. The smallest absolute Gasteiger partial charge is 0.305 e. The lowest BCUT2D eigenvalue weighted by molar-refractivity contribution is -0.144. The van der Waals surface area contributed by atoms with Crippen LogP contribution in [0.5, 0.6) is 0 Å². The summed E-state index contributed by atoms with van der Waals surface area (Å²) in [6.45, 7) is 6.19. The summed E-state index contributed by atoms with van der Waals surface area (Å²) < 4.78 is 0. The Morgan fingerprint density at radius 1 is 1.42 bits per heavy atom. The summed E-state index contributed by atoms with van der Waals surface area (Å²) in [6.07, 6.45) is 0.819. The molecule has 0 spiro atoms. The Bertz CT molecular complexity index is 363. The molecule has 1 saturated heterocycles. The van der Waals surface area contributed by atoms with E-state index in [2.05, 4.69) is 5.32 Å². The summed E-state index contributed by atoms with van der Waals surface area (Å²) in [5.41, 5.74) is -0.423. The van der Waals surface area contributed by atoms with Crippen molar-refractivity contribution in [1.82, 2.24) is 10.2 Å². The Hall–Kier alpha value is -1.59. The lowest BCUT2D eigenvalue weighted by Gasteiger charge is -2.38. The standard InChI is InChI=1S/C13H22N2O4/c1-13(2,3)15(7-6-11(17)18)12(19)9-4-5-10(16)14-8-9/h9H,4-8H2,1-3H3,(H,14,16)(H,17,18). The second-order valence-electron chi connectivity index (χ2n) is 5.84. The minimum atomic E-state index is -0.918. The molecule has 0 radical (unpaired) electrons. The molecule has 0 aromatic rings. The summed E-state index contributed by atoms with van der Waals surface area (Å²) in [5, 5.41) is 11.4. The molecule has 2 N–H and O–H groups in total. The highest BCUT2D eigenvalue weighted by atomic mass is 16.4. The van der Waals surface area contributed by atoms with E-state index in [0.717, 1.165) is 0 Å². The van der Waals surface area contributed by atoms with Crippen LogP contribution in [-0.4, -0.2) is 46.4 Å². The zero-order valence-corrected chi connectivity index (χ0v) is 11.7. The van der Waals surface area contributed by atoms with Crippen molar-refractivity contribution in [3.63, 3.8) is 0 Å². The normalized spacial score (nSPS) is 19.7. The van der Waals surface area contributed by atoms with Gasteiger partial charge in [0.2, 0.25) is 11.8 Å². The average molecular weight is 270 g/mol. The first-order valence-electron chi connectivity index (χ1n) is 6.52. The van der Waals surface area contributed by atoms with E-state index in [1.807, 2.05) is 20.8 Å². The molecule has 0 aliphatic carbocycles. The fourth-order valence-corrected chi connectivity index (χ4v) is 2.15. The average Bonchev–Trinajstić information content (AvgIpc) is 2.27. The number of carbonyl (C=O) groups excluding carboxylic acids is 2. The van der Waals surface area contributed by atoms with Crippen LogP contribution in [0.4, 0.5) is 0 Å². The molecule has 1 fully saturated rings. The van der Waals surface area contributed by atoms with Gasteiger partial charge in [0.05, 0.1) is 12.3 Å². The number of hydrogen-bond acceptors (Lipinski definition) is 3. The quantitative estimate of drug-likeness (QED) is 0.783. The van der Waals surface area contributed by atoms with Crippen LogP contribution >= 0.6 is 0 Å². The molecule has 0 bridgehead atoms. The molecule has 19 heavy (non-hydrogen) atoms. The van der Waals surface area contributed by atoms with Crippen molar-refractivity contribution in [2.45, 2.75) is 45.6 Å². The molecule has 1 atom stereocenters. The van der Waals surface area contributed by atoms with Crippen LogP contribution in [0.25, 0.3) is 0 Å². The van der Waals surface area contributed by atoms with Gasteiger partial charge in [-0.2, -0.15) is 0 Å². The van der Waals surface area contributed by atoms with Crippen LogP contribution in [0.3, 0.4) is 0 Å². The lowest BCUT2D eigenvalue weighted by Crippen LogP contribution is -2.52. The van der Waals surface area contributed by atoms with Gasteiger partial charge in [0.25, 0.3) is 0 Å². The molecule has 108 valence electrons. The van der Waals surface area contributed by atoms with Gasteiger partial charge in [0, 0.05) is 25.0 Å². The Balaban J connectivity index is 2.71. The summed E-state index contributed by atoms with van der Waals surface area (Å²) >= 11 is 0. The van der Waals surface area contributed by atoms with E-state index in [-0.39, 0.29) is 30.7 Å². The Kier molecular flexibility index (Phi) is 4.91. The fourth-order valence-electron chi connectivity index (χ4n) is 2.15. The summed E-state index contributed by atoms with van der Waals surface area (Å²) in [6, 6.07) is 0. The molecular formula is C13H22N2O4. The molecule has 1 rings (SSSR count). The fraction of sp³-hybridized carbons (Fsp3) is 0.769. The van der Waals surface area contributed by atoms with E-state index >= 15 is 0 Å². The number of amides is 2. The number of carboxylic acids is 1. The van der Waals surface area contributed by atoms with Gasteiger partial charge in [-0.3, -0.25) is 14.4 Å². The second kappa shape index (κ2) is 6.04. The summed E-state index contributed by atoms with van der Waals surface area (Å²) in [5.74, 6) is -1.27. The van der Waals surface area contributed by atoms with Gasteiger partial charge in [0.15, 0.2) is 0 Å². The zero-order chi connectivity index (χ0) is 14.6. The second-order valence-corrected chi connectivity index (χ2v) is 5.84. The maximum atomic E-state index is 12.4. The van der Waals surface area contributed by atoms with Crippen molar-refractivity contribution in [3.8, 4) is 0 Å². The van der Waals surface area contributed by atoms with E-state index in [0.29, 0.717) is 19.4 Å². The van der Waals surface area contributed by atoms with Crippen molar-refractivity contribution in [3.05, 3.63) is 0 Å². The molecule has 1 aliphatic heterocycles. The van der Waals surface area contributed by atoms with Crippen LogP contribution in [0.1, 0.15) is 40.0 Å². The highest BCUT2D eigenvalue weighted by molar-refractivity contribution is 5.84. The first-order chi connectivity index (χ1) is 8.71. The number of nitrogens with zero attached hydrogens (tertiary/aromatic N) is 1. The van der Waals surface area contributed by atoms with Crippen molar-refractivity contribution in [2.24, 2.45) is 5.92 Å². The molecule has 0 aromatic carbocycles. The van der Waals surface area contributed by atoms with E-state index in [1.165, 1.54) is 0 Å². The molecule has 1 aliphatic rings. The Morgan fingerprint density at radius 3 is 2.47 bits per heavy atom.